The van der Waals surface area contributed by atoms with Gasteiger partial charge in [0.1, 0.15) is 5.01 Å². The molecule has 4 rings (SSSR count). The number of piperidine rings is 1. The summed E-state index contributed by atoms with van der Waals surface area (Å²) < 4.78 is 0. The van der Waals surface area contributed by atoms with Crippen LogP contribution >= 0.6 is 11.3 Å². The molecular weight excluding hydrogens is 266 g/mol. The Morgan fingerprint density at radius 1 is 1.35 bits per heavy atom. The Balaban J connectivity index is 1.44. The highest BCUT2D eigenvalue weighted by Crippen LogP contribution is 2.56. The molecule has 20 heavy (non-hydrogen) atoms. The van der Waals surface area contributed by atoms with Gasteiger partial charge in [-0.15, -0.1) is 11.3 Å². The lowest BCUT2D eigenvalue weighted by molar-refractivity contribution is 0.137. The van der Waals surface area contributed by atoms with Gasteiger partial charge in [0.15, 0.2) is 0 Å². The fourth-order valence-electron chi connectivity index (χ4n) is 4.12. The molecule has 3 nitrogen and oxygen atoms in total. The van der Waals surface area contributed by atoms with Crippen LogP contribution in [0.15, 0.2) is 11.6 Å². The molecule has 4 heteroatoms. The van der Waals surface area contributed by atoms with Crippen molar-refractivity contribution in [2.45, 2.75) is 51.1 Å². The Kier molecular flexibility index (Phi) is 3.57. The number of hydrogen-bond acceptors (Lipinski definition) is 4. The molecule has 1 atom stereocenters. The maximum absolute atomic E-state index is 4.52. The average Bonchev–Trinajstić information content (AvgIpc) is 2.87. The topological polar surface area (TPSA) is 28.2 Å². The molecule has 1 N–H and O–H groups in total. The van der Waals surface area contributed by atoms with Crippen molar-refractivity contribution in [2.75, 3.05) is 19.6 Å². The van der Waals surface area contributed by atoms with Crippen LogP contribution < -0.4 is 5.32 Å². The number of thiazole rings is 1. The summed E-state index contributed by atoms with van der Waals surface area (Å²) in [5.74, 6) is 0.967. The van der Waals surface area contributed by atoms with Crippen LogP contribution in [0, 0.1) is 11.3 Å². The highest BCUT2D eigenvalue weighted by Gasteiger charge is 2.56. The van der Waals surface area contributed by atoms with E-state index in [1.54, 1.807) is 0 Å². The number of nitrogens with zero attached hydrogens (tertiary/aromatic N) is 2. The molecular formula is C16H25N3S. The lowest BCUT2D eigenvalue weighted by atomic mass is 9.84. The highest BCUT2D eigenvalue weighted by atomic mass is 32.1. The second kappa shape index (κ2) is 5.39. The van der Waals surface area contributed by atoms with Crippen LogP contribution in [0.1, 0.15) is 43.5 Å². The normalized spacial score (nSPS) is 28.8. The standard InChI is InChI=1S/C16H25N3S/c1-2-13(3-1)11-19(12-15-18-8-9-20-15)14-10-16(14)4-6-17-7-5-16/h8-9,13-14,17H,1-7,10-12H2. The predicted octanol–water partition coefficient (Wildman–Crippen LogP) is 2.89. The van der Waals surface area contributed by atoms with Gasteiger partial charge in [-0.1, -0.05) is 6.42 Å². The van der Waals surface area contributed by atoms with Crippen LogP contribution in [-0.2, 0) is 6.54 Å². The largest absolute Gasteiger partial charge is 0.317 e. The first-order chi connectivity index (χ1) is 9.86. The third-order valence-corrected chi connectivity index (χ3v) is 6.49. The number of aromatic nitrogens is 1. The third-order valence-electron chi connectivity index (χ3n) is 5.73. The quantitative estimate of drug-likeness (QED) is 0.904. The molecule has 2 aliphatic carbocycles. The van der Waals surface area contributed by atoms with Crippen molar-refractivity contribution < 1.29 is 0 Å². The van der Waals surface area contributed by atoms with E-state index in [2.05, 4.69) is 20.6 Å². The lowest BCUT2D eigenvalue weighted by Crippen LogP contribution is -2.39. The zero-order valence-electron chi connectivity index (χ0n) is 12.2. The smallest absolute Gasteiger partial charge is 0.107 e. The predicted molar refractivity (Wildman–Crippen MR) is 82.8 cm³/mol. The summed E-state index contributed by atoms with van der Waals surface area (Å²) in [7, 11) is 0. The van der Waals surface area contributed by atoms with Crippen LogP contribution in [-0.4, -0.2) is 35.6 Å². The zero-order chi connectivity index (χ0) is 13.4. The molecule has 1 unspecified atom stereocenters. The van der Waals surface area contributed by atoms with Gasteiger partial charge in [0.2, 0.25) is 0 Å². The maximum Gasteiger partial charge on any atom is 0.107 e. The van der Waals surface area contributed by atoms with Gasteiger partial charge in [-0.3, -0.25) is 4.90 Å². The van der Waals surface area contributed by atoms with E-state index in [0.717, 1.165) is 18.5 Å². The monoisotopic (exact) mass is 291 g/mol. The van der Waals surface area contributed by atoms with Gasteiger partial charge in [0.25, 0.3) is 0 Å². The first kappa shape index (κ1) is 13.2. The molecule has 1 aromatic heterocycles. The summed E-state index contributed by atoms with van der Waals surface area (Å²) in [6.45, 7) is 4.86. The van der Waals surface area contributed by atoms with E-state index in [9.17, 15) is 0 Å². The van der Waals surface area contributed by atoms with Crippen LogP contribution in [0.2, 0.25) is 0 Å². The summed E-state index contributed by atoms with van der Waals surface area (Å²) >= 11 is 1.82. The first-order valence-electron chi connectivity index (χ1n) is 8.19. The molecule has 1 aromatic rings. The lowest BCUT2D eigenvalue weighted by Gasteiger charge is -2.34. The summed E-state index contributed by atoms with van der Waals surface area (Å²) in [4.78, 5) is 7.30. The third kappa shape index (κ3) is 2.53. The van der Waals surface area contributed by atoms with Gasteiger partial charge in [-0.2, -0.15) is 0 Å². The minimum Gasteiger partial charge on any atom is -0.317 e. The molecule has 1 saturated heterocycles. The average molecular weight is 291 g/mol. The second-order valence-corrected chi connectivity index (χ2v) is 7.96. The van der Waals surface area contributed by atoms with Crippen LogP contribution in [0.3, 0.4) is 0 Å². The summed E-state index contributed by atoms with van der Waals surface area (Å²) in [5.41, 5.74) is 0.659. The van der Waals surface area contributed by atoms with Crippen LogP contribution in [0.4, 0.5) is 0 Å². The minimum atomic E-state index is 0.659. The van der Waals surface area contributed by atoms with E-state index < -0.39 is 0 Å². The minimum absolute atomic E-state index is 0.659. The van der Waals surface area contributed by atoms with Crippen molar-refractivity contribution in [3.05, 3.63) is 16.6 Å². The Morgan fingerprint density at radius 3 is 2.85 bits per heavy atom. The summed E-state index contributed by atoms with van der Waals surface area (Å²) in [5, 5.41) is 6.94. The van der Waals surface area contributed by atoms with E-state index in [-0.39, 0.29) is 0 Å². The fraction of sp³-hybridized carbons (Fsp3) is 0.812. The van der Waals surface area contributed by atoms with E-state index in [0.29, 0.717) is 5.41 Å². The Labute approximate surface area is 125 Å². The summed E-state index contributed by atoms with van der Waals surface area (Å²) in [6.07, 6.45) is 10.5. The van der Waals surface area contributed by atoms with E-state index in [1.165, 1.54) is 63.2 Å². The van der Waals surface area contributed by atoms with Crippen LogP contribution in [0.5, 0.6) is 0 Å². The van der Waals surface area contributed by atoms with Crippen molar-refractivity contribution >= 4 is 11.3 Å². The van der Waals surface area contributed by atoms with Gasteiger partial charge in [0, 0.05) is 24.2 Å². The Bertz CT molecular complexity index is 435. The fourth-order valence-corrected chi connectivity index (χ4v) is 4.76. The molecule has 0 bridgehead atoms. The van der Waals surface area contributed by atoms with Gasteiger partial charge in [-0.05, 0) is 56.5 Å². The van der Waals surface area contributed by atoms with Crippen molar-refractivity contribution in [3.8, 4) is 0 Å². The van der Waals surface area contributed by atoms with Crippen molar-refractivity contribution in [2.24, 2.45) is 11.3 Å². The molecule has 3 fully saturated rings. The molecule has 3 aliphatic rings. The van der Waals surface area contributed by atoms with E-state index in [1.807, 2.05) is 17.5 Å². The van der Waals surface area contributed by atoms with E-state index >= 15 is 0 Å². The number of nitrogens with one attached hydrogen (secondary N) is 1. The highest BCUT2D eigenvalue weighted by molar-refractivity contribution is 7.09. The number of hydrogen-bond donors (Lipinski definition) is 1. The first-order valence-corrected chi connectivity index (χ1v) is 9.07. The molecule has 0 radical (unpaired) electrons. The Morgan fingerprint density at radius 2 is 2.20 bits per heavy atom. The van der Waals surface area contributed by atoms with Crippen molar-refractivity contribution in [1.29, 1.82) is 0 Å². The van der Waals surface area contributed by atoms with Crippen LogP contribution in [0.25, 0.3) is 0 Å². The summed E-state index contributed by atoms with van der Waals surface area (Å²) in [6, 6.07) is 0.842. The van der Waals surface area contributed by atoms with E-state index in [4.69, 9.17) is 0 Å². The van der Waals surface area contributed by atoms with Crippen molar-refractivity contribution in [3.63, 3.8) is 0 Å². The SMILES string of the molecule is c1csc(CN(CC2CCC2)C2CC23CCNCC3)n1. The van der Waals surface area contributed by atoms with Gasteiger partial charge < -0.3 is 5.32 Å². The van der Waals surface area contributed by atoms with Gasteiger partial charge >= 0.3 is 0 Å². The van der Waals surface area contributed by atoms with Crippen molar-refractivity contribution in [1.82, 2.24) is 15.2 Å². The molecule has 0 amide bonds. The molecule has 1 spiro atoms. The van der Waals surface area contributed by atoms with Gasteiger partial charge in [-0.25, -0.2) is 4.98 Å². The second-order valence-electron chi connectivity index (χ2n) is 6.98. The zero-order valence-corrected chi connectivity index (χ0v) is 13.0. The molecule has 110 valence electrons. The molecule has 1 aliphatic heterocycles. The molecule has 0 aromatic carbocycles. The number of rotatable bonds is 5. The van der Waals surface area contributed by atoms with Gasteiger partial charge in [0.05, 0.1) is 6.54 Å². The maximum atomic E-state index is 4.52. The molecule has 2 heterocycles. The molecule has 2 saturated carbocycles. The Hall–Kier alpha value is -0.450.